The molecule has 0 atom stereocenters. The maximum atomic E-state index is 3.78. The highest BCUT2D eigenvalue weighted by atomic mass is 79.9. The zero-order valence-corrected chi connectivity index (χ0v) is 12.8. The van der Waals surface area contributed by atoms with Crippen LogP contribution < -0.4 is 0 Å². The average Bonchev–Trinajstić information content (AvgIpc) is 2.39. The fourth-order valence-corrected chi connectivity index (χ4v) is 5.81. The van der Waals surface area contributed by atoms with Gasteiger partial charge in [-0.15, -0.1) is 0 Å². The lowest BCUT2D eigenvalue weighted by atomic mass is 9.77. The van der Waals surface area contributed by atoms with Crippen LogP contribution in [0, 0.1) is 5.41 Å². The average molecular weight is 305 g/mol. The second-order valence-corrected chi connectivity index (χ2v) is 7.61. The lowest BCUT2D eigenvalue weighted by molar-refractivity contribution is 0.259. The zero-order valence-electron chi connectivity index (χ0n) is 10.3. The molecule has 16 heavy (non-hydrogen) atoms. The van der Waals surface area contributed by atoms with E-state index in [9.17, 15) is 0 Å². The lowest BCUT2D eigenvalue weighted by Crippen LogP contribution is -2.29. The van der Waals surface area contributed by atoms with E-state index in [0.29, 0.717) is 5.41 Å². The van der Waals surface area contributed by atoms with Gasteiger partial charge in [0.25, 0.3) is 0 Å². The summed E-state index contributed by atoms with van der Waals surface area (Å²) < 4.78 is 0. The molecule has 2 heteroatoms. The summed E-state index contributed by atoms with van der Waals surface area (Å²) in [5.74, 6) is 1.42. The van der Waals surface area contributed by atoms with Crippen LogP contribution in [0.5, 0.6) is 0 Å². The smallest absolute Gasteiger partial charge is 0.00958 e. The molecule has 0 bridgehead atoms. The standard InChI is InChI=1S/C14H25BrS/c15-11-14(9-5-2-6-10-14)12-16-13-7-3-1-4-8-13/h13H,1-12H2. The number of halogens is 1. The lowest BCUT2D eigenvalue weighted by Gasteiger charge is -2.37. The number of hydrogen-bond acceptors (Lipinski definition) is 1. The van der Waals surface area contributed by atoms with Gasteiger partial charge in [-0.1, -0.05) is 54.5 Å². The van der Waals surface area contributed by atoms with E-state index >= 15 is 0 Å². The summed E-state index contributed by atoms with van der Waals surface area (Å²) in [5.41, 5.74) is 0.653. The molecule has 2 fully saturated rings. The van der Waals surface area contributed by atoms with E-state index in [0.717, 1.165) is 5.25 Å². The summed E-state index contributed by atoms with van der Waals surface area (Å²) >= 11 is 6.08. The second-order valence-electron chi connectivity index (χ2n) is 5.77. The summed E-state index contributed by atoms with van der Waals surface area (Å²) in [6.07, 6.45) is 14.8. The van der Waals surface area contributed by atoms with Crippen LogP contribution in [0.1, 0.15) is 64.2 Å². The Morgan fingerprint density at radius 1 is 0.938 bits per heavy atom. The van der Waals surface area contributed by atoms with Crippen LogP contribution in [-0.4, -0.2) is 16.3 Å². The van der Waals surface area contributed by atoms with Crippen LogP contribution in [0.4, 0.5) is 0 Å². The minimum absolute atomic E-state index is 0.653. The molecule has 0 heterocycles. The zero-order chi connectivity index (χ0) is 11.3. The van der Waals surface area contributed by atoms with E-state index < -0.39 is 0 Å². The number of thioether (sulfide) groups is 1. The SMILES string of the molecule is BrCC1(CSC2CCCCC2)CCCCC1. The molecule has 2 aliphatic carbocycles. The van der Waals surface area contributed by atoms with Gasteiger partial charge in [-0.2, -0.15) is 11.8 Å². The maximum absolute atomic E-state index is 3.78. The highest BCUT2D eigenvalue weighted by Crippen LogP contribution is 2.42. The van der Waals surface area contributed by atoms with Gasteiger partial charge < -0.3 is 0 Å². The van der Waals surface area contributed by atoms with Gasteiger partial charge in [-0.25, -0.2) is 0 Å². The van der Waals surface area contributed by atoms with Crippen molar-refractivity contribution >= 4 is 27.7 Å². The van der Waals surface area contributed by atoms with Crippen molar-refractivity contribution in [2.75, 3.05) is 11.1 Å². The summed E-state index contributed by atoms with van der Waals surface area (Å²) in [7, 11) is 0. The van der Waals surface area contributed by atoms with Crippen LogP contribution in [0.25, 0.3) is 0 Å². The number of rotatable bonds is 4. The Kier molecular flexibility index (Phi) is 5.54. The monoisotopic (exact) mass is 304 g/mol. The molecule has 2 rings (SSSR count). The van der Waals surface area contributed by atoms with Gasteiger partial charge in [0.1, 0.15) is 0 Å². The van der Waals surface area contributed by atoms with Crippen molar-refractivity contribution in [3.8, 4) is 0 Å². The summed E-state index contributed by atoms with van der Waals surface area (Å²) in [5, 5.41) is 2.23. The fourth-order valence-electron chi connectivity index (χ4n) is 3.14. The third-order valence-electron chi connectivity index (χ3n) is 4.38. The third-order valence-corrected chi connectivity index (χ3v) is 7.29. The first-order chi connectivity index (χ1) is 7.85. The van der Waals surface area contributed by atoms with Crippen LogP contribution in [0.2, 0.25) is 0 Å². The normalized spacial score (nSPS) is 26.8. The van der Waals surface area contributed by atoms with Crippen molar-refractivity contribution in [3.63, 3.8) is 0 Å². The van der Waals surface area contributed by atoms with Crippen molar-refractivity contribution in [3.05, 3.63) is 0 Å². The van der Waals surface area contributed by atoms with E-state index in [1.165, 1.54) is 75.3 Å². The number of alkyl halides is 1. The molecule has 0 aromatic heterocycles. The van der Waals surface area contributed by atoms with Crippen molar-refractivity contribution in [2.24, 2.45) is 5.41 Å². The Hall–Kier alpha value is 0.830. The Morgan fingerprint density at radius 3 is 2.19 bits per heavy atom. The van der Waals surface area contributed by atoms with Gasteiger partial charge in [0.05, 0.1) is 0 Å². The topological polar surface area (TPSA) is 0 Å². The van der Waals surface area contributed by atoms with Crippen molar-refractivity contribution in [1.82, 2.24) is 0 Å². The van der Waals surface area contributed by atoms with E-state index in [1.54, 1.807) is 0 Å². The molecule has 0 aromatic carbocycles. The molecule has 2 aliphatic rings. The van der Waals surface area contributed by atoms with E-state index in [2.05, 4.69) is 27.7 Å². The minimum Gasteiger partial charge on any atom is -0.158 e. The molecule has 0 unspecified atom stereocenters. The van der Waals surface area contributed by atoms with Crippen LogP contribution in [-0.2, 0) is 0 Å². The predicted molar refractivity (Wildman–Crippen MR) is 78.6 cm³/mol. The second kappa shape index (κ2) is 6.68. The van der Waals surface area contributed by atoms with Crippen LogP contribution in [0.15, 0.2) is 0 Å². The van der Waals surface area contributed by atoms with Gasteiger partial charge in [-0.3, -0.25) is 0 Å². The molecule has 0 radical (unpaired) electrons. The molecule has 0 spiro atoms. The van der Waals surface area contributed by atoms with Gasteiger partial charge in [-0.05, 0) is 36.9 Å². The molecular weight excluding hydrogens is 280 g/mol. The van der Waals surface area contributed by atoms with E-state index in [1.807, 2.05) is 0 Å². The Morgan fingerprint density at radius 2 is 1.56 bits per heavy atom. The van der Waals surface area contributed by atoms with E-state index in [-0.39, 0.29) is 0 Å². The highest BCUT2D eigenvalue weighted by molar-refractivity contribution is 9.09. The fraction of sp³-hybridized carbons (Fsp3) is 1.00. The molecular formula is C14H25BrS. The number of hydrogen-bond donors (Lipinski definition) is 0. The first kappa shape index (κ1) is 13.3. The minimum atomic E-state index is 0.653. The van der Waals surface area contributed by atoms with Crippen molar-refractivity contribution in [1.29, 1.82) is 0 Å². The Bertz CT molecular complexity index is 193. The maximum Gasteiger partial charge on any atom is 0.00958 e. The Labute approximate surface area is 113 Å². The summed E-state index contributed by atoms with van der Waals surface area (Å²) in [6, 6.07) is 0. The first-order valence-corrected chi connectivity index (χ1v) is 9.19. The molecule has 0 amide bonds. The van der Waals surface area contributed by atoms with E-state index in [4.69, 9.17) is 0 Å². The van der Waals surface area contributed by atoms with Gasteiger partial charge in [0.2, 0.25) is 0 Å². The molecule has 0 nitrogen and oxygen atoms in total. The van der Waals surface area contributed by atoms with Gasteiger partial charge >= 0.3 is 0 Å². The quantitative estimate of drug-likeness (QED) is 0.627. The largest absolute Gasteiger partial charge is 0.158 e. The molecule has 0 saturated heterocycles. The molecule has 0 aliphatic heterocycles. The van der Waals surface area contributed by atoms with Crippen LogP contribution in [0.3, 0.4) is 0 Å². The van der Waals surface area contributed by atoms with Crippen molar-refractivity contribution in [2.45, 2.75) is 69.5 Å². The predicted octanol–water partition coefficient (Wildman–Crippen LogP) is 5.40. The molecule has 2 saturated carbocycles. The van der Waals surface area contributed by atoms with Crippen molar-refractivity contribution < 1.29 is 0 Å². The van der Waals surface area contributed by atoms with Gasteiger partial charge in [0.15, 0.2) is 0 Å². The highest BCUT2D eigenvalue weighted by Gasteiger charge is 2.31. The van der Waals surface area contributed by atoms with Crippen LogP contribution >= 0.6 is 27.7 Å². The summed E-state index contributed by atoms with van der Waals surface area (Å²) in [6.45, 7) is 0. The molecule has 0 aromatic rings. The summed E-state index contributed by atoms with van der Waals surface area (Å²) in [4.78, 5) is 0. The van der Waals surface area contributed by atoms with Gasteiger partial charge in [0, 0.05) is 10.6 Å². The molecule has 0 N–H and O–H groups in total. The first-order valence-electron chi connectivity index (χ1n) is 7.02. The Balaban J connectivity index is 1.77. The third kappa shape index (κ3) is 3.66. The molecule has 94 valence electrons.